The highest BCUT2D eigenvalue weighted by Crippen LogP contribution is 2.20. The number of hydrogen-bond donors (Lipinski definition) is 1. The topological polar surface area (TPSA) is 63.6 Å². The van der Waals surface area contributed by atoms with Crippen LogP contribution in [0.5, 0.6) is 5.75 Å². The highest BCUT2D eigenvalue weighted by molar-refractivity contribution is 7.91. The lowest BCUT2D eigenvalue weighted by molar-refractivity contribution is 0.0738. The van der Waals surface area contributed by atoms with Crippen LogP contribution in [0.1, 0.15) is 5.56 Å². The Morgan fingerprint density at radius 2 is 2.12 bits per heavy atom. The van der Waals surface area contributed by atoms with E-state index in [4.69, 9.17) is 4.74 Å². The summed E-state index contributed by atoms with van der Waals surface area (Å²) < 4.78 is 28.0. The highest BCUT2D eigenvalue weighted by Gasteiger charge is 2.38. The van der Waals surface area contributed by atoms with Crippen LogP contribution in [0.4, 0.5) is 0 Å². The lowest BCUT2D eigenvalue weighted by Gasteiger charge is -2.15. The van der Waals surface area contributed by atoms with E-state index in [0.717, 1.165) is 5.56 Å². The van der Waals surface area contributed by atoms with E-state index in [1.807, 2.05) is 25.1 Å². The number of aliphatic hydroxyl groups is 1. The third kappa shape index (κ3) is 2.54. The maximum absolute atomic E-state index is 11.3. The van der Waals surface area contributed by atoms with Gasteiger partial charge < -0.3 is 9.84 Å². The molecular weight excluding hydrogens is 228 g/mol. The lowest BCUT2D eigenvalue weighted by Crippen LogP contribution is -2.29. The molecule has 4 nitrogen and oxygen atoms in total. The van der Waals surface area contributed by atoms with E-state index in [2.05, 4.69) is 0 Å². The molecule has 0 spiro atoms. The maximum atomic E-state index is 11.3. The molecule has 1 N–H and O–H groups in total. The second-order valence-corrected chi connectivity index (χ2v) is 6.27. The zero-order valence-electron chi connectivity index (χ0n) is 8.96. The van der Waals surface area contributed by atoms with Gasteiger partial charge in [0.25, 0.3) is 0 Å². The molecule has 1 heterocycles. The van der Waals surface area contributed by atoms with Crippen LogP contribution in [-0.2, 0) is 9.84 Å². The first-order chi connectivity index (χ1) is 7.46. The second kappa shape index (κ2) is 4.07. The fraction of sp³-hybridized carbons (Fsp3) is 0.455. The number of sulfone groups is 1. The molecule has 0 bridgehead atoms. The molecule has 5 heteroatoms. The van der Waals surface area contributed by atoms with Crippen molar-refractivity contribution in [3.8, 4) is 5.75 Å². The average molecular weight is 242 g/mol. The van der Waals surface area contributed by atoms with Gasteiger partial charge in [0.2, 0.25) is 0 Å². The zero-order chi connectivity index (χ0) is 11.8. The van der Waals surface area contributed by atoms with E-state index in [-0.39, 0.29) is 11.5 Å². The first-order valence-electron chi connectivity index (χ1n) is 5.08. The molecule has 2 unspecified atom stereocenters. The van der Waals surface area contributed by atoms with Gasteiger partial charge in [-0.3, -0.25) is 0 Å². The average Bonchev–Trinajstić information content (AvgIpc) is 2.39. The van der Waals surface area contributed by atoms with Gasteiger partial charge in [-0.15, -0.1) is 0 Å². The van der Waals surface area contributed by atoms with Gasteiger partial charge in [-0.05, 0) is 24.6 Å². The van der Waals surface area contributed by atoms with Gasteiger partial charge in [-0.25, -0.2) is 8.42 Å². The molecule has 1 saturated heterocycles. The summed E-state index contributed by atoms with van der Waals surface area (Å²) >= 11 is 0. The number of ether oxygens (including phenoxy) is 1. The van der Waals surface area contributed by atoms with Gasteiger partial charge in [0.15, 0.2) is 9.84 Å². The minimum absolute atomic E-state index is 0.109. The number of hydrogen-bond acceptors (Lipinski definition) is 4. The van der Waals surface area contributed by atoms with E-state index in [0.29, 0.717) is 5.75 Å². The summed E-state index contributed by atoms with van der Waals surface area (Å²) in [6, 6.07) is 7.33. The first kappa shape index (κ1) is 11.4. The van der Waals surface area contributed by atoms with Gasteiger partial charge in [-0.1, -0.05) is 12.1 Å². The van der Waals surface area contributed by atoms with Crippen LogP contribution in [0.15, 0.2) is 24.3 Å². The van der Waals surface area contributed by atoms with Crippen LogP contribution in [0.2, 0.25) is 0 Å². The van der Waals surface area contributed by atoms with Crippen molar-refractivity contribution in [2.75, 3.05) is 11.5 Å². The zero-order valence-corrected chi connectivity index (χ0v) is 9.78. The molecular formula is C11H14O4S. The minimum Gasteiger partial charge on any atom is -0.487 e. The summed E-state index contributed by atoms with van der Waals surface area (Å²) in [5, 5.41) is 9.55. The number of aryl methyl sites for hydroxylation is 1. The van der Waals surface area contributed by atoms with Gasteiger partial charge >= 0.3 is 0 Å². The van der Waals surface area contributed by atoms with Crippen LogP contribution in [0.25, 0.3) is 0 Å². The molecule has 2 rings (SSSR count). The molecule has 1 fully saturated rings. The molecule has 0 aliphatic carbocycles. The van der Waals surface area contributed by atoms with E-state index < -0.39 is 22.0 Å². The first-order valence-corrected chi connectivity index (χ1v) is 6.90. The molecule has 88 valence electrons. The van der Waals surface area contributed by atoms with Crippen molar-refractivity contribution in [3.63, 3.8) is 0 Å². The monoisotopic (exact) mass is 242 g/mol. The smallest absolute Gasteiger partial charge is 0.156 e. The van der Waals surface area contributed by atoms with Gasteiger partial charge in [-0.2, -0.15) is 0 Å². The van der Waals surface area contributed by atoms with Crippen molar-refractivity contribution in [2.24, 2.45) is 0 Å². The lowest BCUT2D eigenvalue weighted by atomic mass is 10.2. The maximum Gasteiger partial charge on any atom is 0.156 e. The highest BCUT2D eigenvalue weighted by atomic mass is 32.2. The Morgan fingerprint density at radius 3 is 2.69 bits per heavy atom. The number of rotatable bonds is 2. The fourth-order valence-electron chi connectivity index (χ4n) is 1.77. The predicted octanol–water partition coefficient (Wildman–Crippen LogP) is 0.532. The molecule has 1 aromatic carbocycles. The molecule has 0 radical (unpaired) electrons. The molecule has 1 aliphatic heterocycles. The van der Waals surface area contributed by atoms with Crippen molar-refractivity contribution >= 4 is 9.84 Å². The Balaban J connectivity index is 2.11. The third-order valence-electron chi connectivity index (χ3n) is 2.55. The molecule has 0 saturated carbocycles. The predicted molar refractivity (Wildman–Crippen MR) is 60.3 cm³/mol. The van der Waals surface area contributed by atoms with Crippen molar-refractivity contribution in [2.45, 2.75) is 19.1 Å². The van der Waals surface area contributed by atoms with Crippen LogP contribution in [-0.4, -0.2) is 37.2 Å². The van der Waals surface area contributed by atoms with Crippen LogP contribution >= 0.6 is 0 Å². The standard InChI is InChI=1S/C11H14O4S/c1-8-3-2-4-9(5-8)15-11-7-16(13,14)6-10(11)12/h2-5,10-12H,6-7H2,1H3. The van der Waals surface area contributed by atoms with E-state index in [9.17, 15) is 13.5 Å². The van der Waals surface area contributed by atoms with Crippen molar-refractivity contribution in [3.05, 3.63) is 29.8 Å². The van der Waals surface area contributed by atoms with Gasteiger partial charge in [0, 0.05) is 0 Å². The Morgan fingerprint density at radius 1 is 1.38 bits per heavy atom. The number of aliphatic hydroxyl groups excluding tert-OH is 1. The molecule has 0 aromatic heterocycles. The second-order valence-electron chi connectivity index (χ2n) is 4.12. The van der Waals surface area contributed by atoms with Crippen LogP contribution in [0.3, 0.4) is 0 Å². The summed E-state index contributed by atoms with van der Waals surface area (Å²) in [6.07, 6.45) is -1.57. The van der Waals surface area contributed by atoms with E-state index in [1.54, 1.807) is 6.07 Å². The quantitative estimate of drug-likeness (QED) is 0.821. The van der Waals surface area contributed by atoms with E-state index in [1.165, 1.54) is 0 Å². The van der Waals surface area contributed by atoms with Gasteiger partial charge in [0.05, 0.1) is 11.5 Å². The van der Waals surface area contributed by atoms with Crippen molar-refractivity contribution < 1.29 is 18.3 Å². The molecule has 1 aliphatic rings. The van der Waals surface area contributed by atoms with Crippen LogP contribution in [0, 0.1) is 6.92 Å². The molecule has 16 heavy (non-hydrogen) atoms. The SMILES string of the molecule is Cc1cccc(OC2CS(=O)(=O)CC2O)c1. The molecule has 1 aromatic rings. The fourth-order valence-corrected chi connectivity index (χ4v) is 3.43. The van der Waals surface area contributed by atoms with Gasteiger partial charge in [0.1, 0.15) is 18.0 Å². The Labute approximate surface area is 94.8 Å². The summed E-state index contributed by atoms with van der Waals surface area (Å²) in [6.45, 7) is 1.93. The normalized spacial score (nSPS) is 27.9. The molecule has 0 amide bonds. The summed E-state index contributed by atoms with van der Waals surface area (Å²) in [7, 11) is -3.15. The Hall–Kier alpha value is -1.07. The van der Waals surface area contributed by atoms with Crippen molar-refractivity contribution in [1.29, 1.82) is 0 Å². The number of benzene rings is 1. The van der Waals surface area contributed by atoms with E-state index >= 15 is 0 Å². The third-order valence-corrected chi connectivity index (χ3v) is 4.23. The summed E-state index contributed by atoms with van der Waals surface area (Å²) in [5.41, 5.74) is 1.04. The Kier molecular flexibility index (Phi) is 2.90. The largest absolute Gasteiger partial charge is 0.487 e. The summed E-state index contributed by atoms with van der Waals surface area (Å²) in [5.74, 6) is 0.284. The molecule has 2 atom stereocenters. The Bertz CT molecular complexity index is 481. The van der Waals surface area contributed by atoms with Crippen LogP contribution < -0.4 is 4.74 Å². The summed E-state index contributed by atoms with van der Waals surface area (Å²) in [4.78, 5) is 0. The van der Waals surface area contributed by atoms with Crippen molar-refractivity contribution in [1.82, 2.24) is 0 Å². The minimum atomic E-state index is -3.15.